The molecule has 0 saturated carbocycles. The van der Waals surface area contributed by atoms with Crippen LogP contribution in [0.5, 0.6) is 0 Å². The first-order chi connectivity index (χ1) is 11.0. The van der Waals surface area contributed by atoms with Crippen LogP contribution in [-0.2, 0) is 9.84 Å². The average Bonchev–Trinajstić information content (AvgIpc) is 2.87. The maximum atomic E-state index is 11.4. The van der Waals surface area contributed by atoms with Gasteiger partial charge in [0.2, 0.25) is 0 Å². The van der Waals surface area contributed by atoms with Gasteiger partial charge >= 0.3 is 0 Å². The molecular formula is C17H16N2O2S2. The van der Waals surface area contributed by atoms with Crippen molar-refractivity contribution in [2.75, 3.05) is 16.8 Å². The molecule has 0 aromatic heterocycles. The lowest BCUT2D eigenvalue weighted by Crippen LogP contribution is -2.29. The summed E-state index contributed by atoms with van der Waals surface area (Å²) < 4.78 is 22.8. The minimum absolute atomic E-state index is 0.0156. The van der Waals surface area contributed by atoms with Crippen molar-refractivity contribution in [1.29, 1.82) is 0 Å². The summed E-state index contributed by atoms with van der Waals surface area (Å²) in [5, 5.41) is 6.38. The molecule has 0 fully saturated rings. The molecule has 0 bridgehead atoms. The highest BCUT2D eigenvalue weighted by atomic mass is 32.2. The van der Waals surface area contributed by atoms with E-state index in [1.165, 1.54) is 0 Å². The zero-order valence-electron chi connectivity index (χ0n) is 12.3. The summed E-state index contributed by atoms with van der Waals surface area (Å²) in [6, 6.07) is 18.0. The smallest absolute Gasteiger partial charge is 0.175 e. The van der Waals surface area contributed by atoms with Crippen molar-refractivity contribution in [3.63, 3.8) is 0 Å². The highest BCUT2D eigenvalue weighted by Gasteiger charge is 2.20. The number of nitrogens with one attached hydrogen (secondary N) is 2. The average molecular weight is 344 g/mol. The van der Waals surface area contributed by atoms with Crippen LogP contribution in [-0.4, -0.2) is 25.0 Å². The number of hydrogen-bond acceptors (Lipinski definition) is 3. The van der Waals surface area contributed by atoms with Crippen LogP contribution < -0.4 is 10.6 Å². The third-order valence-electron chi connectivity index (χ3n) is 3.48. The Morgan fingerprint density at radius 1 is 0.913 bits per heavy atom. The maximum Gasteiger partial charge on any atom is 0.175 e. The lowest BCUT2D eigenvalue weighted by Gasteiger charge is -2.11. The Hall–Kier alpha value is -2.18. The molecular weight excluding hydrogens is 328 g/mol. The van der Waals surface area contributed by atoms with E-state index >= 15 is 0 Å². The molecule has 4 nitrogen and oxygen atoms in total. The largest absolute Gasteiger partial charge is 0.335 e. The first-order valence-electron chi connectivity index (χ1n) is 7.15. The first-order valence-corrected chi connectivity index (χ1v) is 9.38. The molecule has 23 heavy (non-hydrogen) atoms. The molecule has 2 aromatic rings. The van der Waals surface area contributed by atoms with Crippen LogP contribution in [0.1, 0.15) is 0 Å². The Labute approximate surface area is 141 Å². The number of thiocarbonyl (C=S) groups is 1. The fraction of sp³-hybridized carbons (Fsp3) is 0.118. The van der Waals surface area contributed by atoms with Gasteiger partial charge < -0.3 is 10.6 Å². The quantitative estimate of drug-likeness (QED) is 0.839. The van der Waals surface area contributed by atoms with Gasteiger partial charge in [-0.15, -0.1) is 0 Å². The second-order valence-corrected chi connectivity index (χ2v) is 7.82. The summed E-state index contributed by atoms with van der Waals surface area (Å²) >= 11 is 5.22. The van der Waals surface area contributed by atoms with Crippen LogP contribution in [0, 0.1) is 0 Å². The summed E-state index contributed by atoms with van der Waals surface area (Å²) in [7, 11) is -2.99. The van der Waals surface area contributed by atoms with E-state index in [1.807, 2.05) is 42.5 Å². The number of rotatable bonds is 3. The summed E-state index contributed by atoms with van der Waals surface area (Å²) in [6.07, 6.45) is 1.65. The number of hydrogen-bond donors (Lipinski definition) is 2. The second-order valence-electron chi connectivity index (χ2n) is 5.31. The van der Waals surface area contributed by atoms with Gasteiger partial charge in [0.25, 0.3) is 0 Å². The molecule has 0 aliphatic carbocycles. The van der Waals surface area contributed by atoms with Gasteiger partial charge in [-0.25, -0.2) is 8.42 Å². The van der Waals surface area contributed by atoms with Crippen LogP contribution in [0.2, 0.25) is 0 Å². The van der Waals surface area contributed by atoms with Crippen LogP contribution >= 0.6 is 12.2 Å². The monoisotopic (exact) mass is 344 g/mol. The Kier molecular flexibility index (Phi) is 4.45. The number of sulfone groups is 1. The van der Waals surface area contributed by atoms with E-state index in [0.717, 1.165) is 16.8 Å². The van der Waals surface area contributed by atoms with E-state index in [0.29, 0.717) is 10.8 Å². The van der Waals surface area contributed by atoms with Crippen molar-refractivity contribution < 1.29 is 8.42 Å². The number of benzene rings is 2. The first kappa shape index (κ1) is 15.7. The van der Waals surface area contributed by atoms with Crippen LogP contribution in [0.25, 0.3) is 11.1 Å². The minimum Gasteiger partial charge on any atom is -0.335 e. The third-order valence-corrected chi connectivity index (χ3v) is 5.11. The lowest BCUT2D eigenvalue weighted by molar-refractivity contribution is 0.603. The van der Waals surface area contributed by atoms with E-state index in [4.69, 9.17) is 12.2 Å². The predicted octanol–water partition coefficient (Wildman–Crippen LogP) is 2.95. The van der Waals surface area contributed by atoms with Gasteiger partial charge in [0.1, 0.15) is 0 Å². The molecule has 6 heteroatoms. The molecule has 2 aromatic carbocycles. The Balaban J connectivity index is 1.61. The van der Waals surface area contributed by atoms with Crippen molar-refractivity contribution in [1.82, 2.24) is 5.32 Å². The van der Waals surface area contributed by atoms with Crippen molar-refractivity contribution in [2.45, 2.75) is 0 Å². The van der Waals surface area contributed by atoms with Crippen LogP contribution in [0.15, 0.2) is 66.4 Å². The molecule has 0 atom stereocenters. The molecule has 118 valence electrons. The van der Waals surface area contributed by atoms with Gasteiger partial charge in [-0.05, 0) is 41.6 Å². The van der Waals surface area contributed by atoms with E-state index in [-0.39, 0.29) is 11.5 Å². The molecule has 0 radical (unpaired) electrons. The van der Waals surface area contributed by atoms with Gasteiger partial charge in [0, 0.05) is 11.4 Å². The predicted molar refractivity (Wildman–Crippen MR) is 98.0 cm³/mol. The molecule has 0 saturated heterocycles. The molecule has 1 heterocycles. The van der Waals surface area contributed by atoms with E-state index < -0.39 is 9.84 Å². The van der Waals surface area contributed by atoms with Crippen LogP contribution in [0.3, 0.4) is 0 Å². The summed E-state index contributed by atoms with van der Waals surface area (Å²) in [5.41, 5.74) is 3.76. The Morgan fingerprint density at radius 3 is 2.17 bits per heavy atom. The fourth-order valence-corrected chi connectivity index (χ4v) is 3.84. The molecule has 2 N–H and O–H groups in total. The summed E-state index contributed by atoms with van der Waals surface area (Å²) in [4.78, 5) is 0. The topological polar surface area (TPSA) is 58.2 Å². The third kappa shape index (κ3) is 4.18. The molecule has 1 aliphatic rings. The second kappa shape index (κ2) is 6.52. The molecule has 0 unspecified atom stereocenters. The molecule has 0 amide bonds. The SMILES string of the molecule is O=S1(=O)CC=C(NC(=S)Nc2ccc(-c3ccccc3)cc2)C1. The Bertz CT molecular complexity index is 842. The van der Waals surface area contributed by atoms with E-state index in [2.05, 4.69) is 22.8 Å². The van der Waals surface area contributed by atoms with Crippen molar-refractivity contribution in [3.8, 4) is 11.1 Å². The standard InChI is InChI=1S/C17H16N2O2S2/c20-23(21)11-10-16(12-23)19-17(22)18-15-8-6-14(7-9-15)13-4-2-1-3-5-13/h1-10H,11-12H2,(H2,18,19,22). The van der Waals surface area contributed by atoms with Gasteiger partial charge in [0.05, 0.1) is 11.5 Å². The van der Waals surface area contributed by atoms with E-state index in [9.17, 15) is 8.42 Å². The van der Waals surface area contributed by atoms with Gasteiger partial charge in [-0.1, -0.05) is 42.5 Å². The zero-order chi connectivity index (χ0) is 16.3. The molecule has 0 spiro atoms. The Morgan fingerprint density at radius 2 is 1.57 bits per heavy atom. The van der Waals surface area contributed by atoms with Crippen molar-refractivity contribution in [2.24, 2.45) is 0 Å². The highest BCUT2D eigenvalue weighted by molar-refractivity contribution is 7.92. The molecule has 3 rings (SSSR count). The lowest BCUT2D eigenvalue weighted by atomic mass is 10.1. The normalized spacial score (nSPS) is 15.7. The van der Waals surface area contributed by atoms with Gasteiger partial charge in [-0.2, -0.15) is 0 Å². The molecule has 1 aliphatic heterocycles. The summed E-state index contributed by atoms with van der Waals surface area (Å²) in [6.45, 7) is 0. The van der Waals surface area contributed by atoms with E-state index in [1.54, 1.807) is 6.08 Å². The van der Waals surface area contributed by atoms with Crippen molar-refractivity contribution >= 4 is 32.9 Å². The maximum absolute atomic E-state index is 11.4. The highest BCUT2D eigenvalue weighted by Crippen LogP contribution is 2.21. The fourth-order valence-electron chi connectivity index (χ4n) is 2.35. The minimum atomic E-state index is -2.99. The summed E-state index contributed by atoms with van der Waals surface area (Å²) in [5.74, 6) is 0.0888. The zero-order valence-corrected chi connectivity index (χ0v) is 14.0. The van der Waals surface area contributed by atoms with Gasteiger partial charge in [-0.3, -0.25) is 0 Å². The van der Waals surface area contributed by atoms with Gasteiger partial charge in [0.15, 0.2) is 14.9 Å². The number of anilines is 1. The van der Waals surface area contributed by atoms with Crippen molar-refractivity contribution in [3.05, 3.63) is 66.4 Å². The van der Waals surface area contributed by atoms with Crippen LogP contribution in [0.4, 0.5) is 5.69 Å².